The first-order chi connectivity index (χ1) is 16.1. The molecule has 33 heavy (non-hydrogen) atoms. The molecule has 1 aliphatic rings. The molecule has 1 aromatic heterocycles. The highest BCUT2D eigenvalue weighted by molar-refractivity contribution is 5.97. The van der Waals surface area contributed by atoms with Crippen molar-refractivity contribution < 1.29 is 14.5 Å². The minimum atomic E-state index is -0.447. The Balaban J connectivity index is 1.75. The summed E-state index contributed by atoms with van der Waals surface area (Å²) in [5.41, 5.74) is 4.02. The van der Waals surface area contributed by atoms with Crippen LogP contribution in [0.1, 0.15) is 23.5 Å². The number of carbonyl (C=O) groups is 1. The molecule has 0 spiro atoms. The maximum atomic E-state index is 12.8. The largest absolute Gasteiger partial charge is 0.496 e. The van der Waals surface area contributed by atoms with Crippen molar-refractivity contribution in [2.24, 2.45) is 0 Å². The Hall–Kier alpha value is -4.46. The fraction of sp³-hybridized carbons (Fsp3) is 0.120. The summed E-state index contributed by atoms with van der Waals surface area (Å²) in [5.74, 6) is 0.841. The molecule has 0 fully saturated rings. The van der Waals surface area contributed by atoms with E-state index in [2.05, 4.69) is 5.32 Å². The van der Waals surface area contributed by atoms with Gasteiger partial charge in [-0.2, -0.15) is 5.10 Å². The van der Waals surface area contributed by atoms with E-state index in [-0.39, 0.29) is 23.9 Å². The van der Waals surface area contributed by atoms with Crippen LogP contribution in [0.3, 0.4) is 0 Å². The molecular formula is C25H20N4O4. The number of ether oxygens (including phenoxy) is 1. The average molecular weight is 440 g/mol. The molecule has 0 saturated heterocycles. The highest BCUT2D eigenvalue weighted by Gasteiger charge is 2.35. The standard InChI is InChI=1S/C25H20N4O4/c1-33-21-10-6-5-9-19(21)20-15-22(30)26-25-23(20)24(16-7-3-2-4-8-16)27-28(25)17-11-13-18(14-12-17)29(31)32/h2-14,20H,15H2,1H3,(H,26,30)/t20-/m0/s1. The molecule has 0 bridgehead atoms. The second kappa shape index (κ2) is 8.23. The van der Waals surface area contributed by atoms with Crippen molar-refractivity contribution in [3.05, 3.63) is 100 Å². The number of nitrogens with one attached hydrogen (secondary N) is 1. The van der Waals surface area contributed by atoms with Gasteiger partial charge in [0.15, 0.2) is 0 Å². The van der Waals surface area contributed by atoms with Crippen LogP contribution in [0.25, 0.3) is 16.9 Å². The van der Waals surface area contributed by atoms with E-state index < -0.39 is 4.92 Å². The van der Waals surface area contributed by atoms with Crippen LogP contribution in [0, 0.1) is 10.1 Å². The average Bonchev–Trinajstić information content (AvgIpc) is 3.23. The molecule has 0 radical (unpaired) electrons. The summed E-state index contributed by atoms with van der Waals surface area (Å²) in [6.07, 6.45) is 0.249. The summed E-state index contributed by atoms with van der Waals surface area (Å²) in [6, 6.07) is 23.5. The summed E-state index contributed by atoms with van der Waals surface area (Å²) in [6.45, 7) is 0. The highest BCUT2D eigenvalue weighted by Crippen LogP contribution is 2.46. The first-order valence-corrected chi connectivity index (χ1v) is 10.4. The quantitative estimate of drug-likeness (QED) is 0.350. The van der Waals surface area contributed by atoms with Gasteiger partial charge in [0, 0.05) is 41.2 Å². The van der Waals surface area contributed by atoms with Crippen molar-refractivity contribution in [3.63, 3.8) is 0 Å². The molecule has 0 aliphatic carbocycles. The van der Waals surface area contributed by atoms with Crippen LogP contribution in [0.2, 0.25) is 0 Å². The summed E-state index contributed by atoms with van der Waals surface area (Å²) < 4.78 is 7.24. The normalized spacial score (nSPS) is 14.9. The number of non-ortho nitro benzene ring substituents is 1. The number of aromatic nitrogens is 2. The van der Waals surface area contributed by atoms with Crippen LogP contribution in [-0.4, -0.2) is 27.7 Å². The van der Waals surface area contributed by atoms with Gasteiger partial charge in [0.05, 0.1) is 23.4 Å². The summed E-state index contributed by atoms with van der Waals surface area (Å²) in [7, 11) is 1.61. The van der Waals surface area contributed by atoms with E-state index in [1.807, 2.05) is 54.6 Å². The van der Waals surface area contributed by atoms with Gasteiger partial charge in [0.2, 0.25) is 5.91 Å². The van der Waals surface area contributed by atoms with Gasteiger partial charge in [0.25, 0.3) is 5.69 Å². The number of para-hydroxylation sites is 1. The third kappa shape index (κ3) is 3.61. The molecular weight excluding hydrogens is 420 g/mol. The molecule has 5 rings (SSSR count). The van der Waals surface area contributed by atoms with Crippen LogP contribution in [0.4, 0.5) is 11.5 Å². The van der Waals surface area contributed by atoms with Crippen molar-refractivity contribution in [3.8, 4) is 22.7 Å². The Morgan fingerprint density at radius 3 is 2.42 bits per heavy atom. The Morgan fingerprint density at radius 1 is 1.03 bits per heavy atom. The first-order valence-electron chi connectivity index (χ1n) is 10.4. The third-order valence-corrected chi connectivity index (χ3v) is 5.78. The fourth-order valence-electron chi connectivity index (χ4n) is 4.28. The van der Waals surface area contributed by atoms with Gasteiger partial charge in [-0.3, -0.25) is 14.9 Å². The van der Waals surface area contributed by atoms with Crippen molar-refractivity contribution >= 4 is 17.4 Å². The highest BCUT2D eigenvalue weighted by atomic mass is 16.6. The molecule has 8 heteroatoms. The maximum Gasteiger partial charge on any atom is 0.269 e. The number of hydrogen-bond acceptors (Lipinski definition) is 5. The Bertz CT molecular complexity index is 1350. The predicted octanol–water partition coefficient (Wildman–Crippen LogP) is 4.93. The number of anilines is 1. The lowest BCUT2D eigenvalue weighted by Gasteiger charge is -2.26. The van der Waals surface area contributed by atoms with Crippen LogP contribution in [-0.2, 0) is 4.79 Å². The SMILES string of the molecule is COc1ccccc1[C@@H]1CC(=O)Nc2c1c(-c1ccccc1)nn2-c1ccc([N+](=O)[O-])cc1. The fourth-order valence-corrected chi connectivity index (χ4v) is 4.28. The summed E-state index contributed by atoms with van der Waals surface area (Å²) in [4.78, 5) is 23.4. The second-order valence-corrected chi connectivity index (χ2v) is 7.71. The van der Waals surface area contributed by atoms with Gasteiger partial charge in [0.1, 0.15) is 11.6 Å². The van der Waals surface area contributed by atoms with Gasteiger partial charge >= 0.3 is 0 Å². The summed E-state index contributed by atoms with van der Waals surface area (Å²) in [5, 5.41) is 18.9. The monoisotopic (exact) mass is 440 g/mol. The van der Waals surface area contributed by atoms with Crippen molar-refractivity contribution in [1.82, 2.24) is 9.78 Å². The number of methoxy groups -OCH3 is 1. The minimum absolute atomic E-state index is 0.0148. The van der Waals surface area contributed by atoms with Crippen molar-refractivity contribution in [2.45, 2.75) is 12.3 Å². The molecule has 164 valence electrons. The molecule has 0 unspecified atom stereocenters. The number of nitro benzene ring substituents is 1. The molecule has 1 atom stereocenters. The lowest BCUT2D eigenvalue weighted by atomic mass is 9.84. The van der Waals surface area contributed by atoms with Gasteiger partial charge in [-0.15, -0.1) is 0 Å². The number of amides is 1. The summed E-state index contributed by atoms with van der Waals surface area (Å²) >= 11 is 0. The number of rotatable bonds is 5. The maximum absolute atomic E-state index is 12.8. The number of hydrogen-bond donors (Lipinski definition) is 1. The van der Waals surface area contributed by atoms with Gasteiger partial charge in [-0.25, -0.2) is 4.68 Å². The topological polar surface area (TPSA) is 99.3 Å². The Kier molecular flexibility index (Phi) is 5.10. The molecule has 4 aromatic rings. The molecule has 0 saturated carbocycles. The van der Waals surface area contributed by atoms with E-state index in [1.165, 1.54) is 12.1 Å². The van der Waals surface area contributed by atoms with Crippen LogP contribution < -0.4 is 10.1 Å². The van der Waals surface area contributed by atoms with E-state index in [9.17, 15) is 14.9 Å². The molecule has 1 amide bonds. The number of fused-ring (bicyclic) bond motifs is 1. The second-order valence-electron chi connectivity index (χ2n) is 7.71. The molecule has 8 nitrogen and oxygen atoms in total. The zero-order chi connectivity index (χ0) is 22.9. The van der Waals surface area contributed by atoms with Crippen LogP contribution in [0.15, 0.2) is 78.9 Å². The van der Waals surface area contributed by atoms with E-state index in [4.69, 9.17) is 9.84 Å². The van der Waals surface area contributed by atoms with Gasteiger partial charge in [-0.1, -0.05) is 48.5 Å². The van der Waals surface area contributed by atoms with E-state index in [0.29, 0.717) is 17.3 Å². The van der Waals surface area contributed by atoms with Crippen LogP contribution >= 0.6 is 0 Å². The van der Waals surface area contributed by atoms with E-state index >= 15 is 0 Å². The minimum Gasteiger partial charge on any atom is -0.496 e. The third-order valence-electron chi connectivity index (χ3n) is 5.78. The number of nitrogens with zero attached hydrogens (tertiary/aromatic N) is 3. The zero-order valence-electron chi connectivity index (χ0n) is 17.8. The first kappa shape index (κ1) is 20.4. The van der Waals surface area contributed by atoms with Crippen LogP contribution in [0.5, 0.6) is 5.75 Å². The number of carbonyl (C=O) groups excluding carboxylic acids is 1. The van der Waals surface area contributed by atoms with Gasteiger partial charge < -0.3 is 10.1 Å². The van der Waals surface area contributed by atoms with Crippen molar-refractivity contribution in [1.29, 1.82) is 0 Å². The lowest BCUT2D eigenvalue weighted by Crippen LogP contribution is -2.25. The van der Waals surface area contributed by atoms with Crippen molar-refractivity contribution in [2.75, 3.05) is 12.4 Å². The zero-order valence-corrected chi connectivity index (χ0v) is 17.8. The Labute approximate surface area is 189 Å². The van der Waals surface area contributed by atoms with E-state index in [0.717, 1.165) is 22.4 Å². The molecule has 1 aliphatic heterocycles. The lowest BCUT2D eigenvalue weighted by molar-refractivity contribution is -0.384. The Morgan fingerprint density at radius 2 is 1.73 bits per heavy atom. The number of benzene rings is 3. The van der Waals surface area contributed by atoms with E-state index in [1.54, 1.807) is 23.9 Å². The molecule has 1 N–H and O–H groups in total. The number of nitro groups is 1. The smallest absolute Gasteiger partial charge is 0.269 e. The molecule has 3 aromatic carbocycles. The predicted molar refractivity (Wildman–Crippen MR) is 124 cm³/mol. The molecule has 2 heterocycles. The van der Waals surface area contributed by atoms with Gasteiger partial charge in [-0.05, 0) is 18.2 Å².